The number of alkyl halides is 3. The normalized spacial score (nSPS) is 17.3. The van der Waals surface area contributed by atoms with E-state index < -0.39 is 11.7 Å². The Hall–Kier alpha value is -2.77. The summed E-state index contributed by atoms with van der Waals surface area (Å²) in [6.45, 7) is 0. The fraction of sp³-hybridized carbons (Fsp3) is 0.333. The van der Waals surface area contributed by atoms with Crippen LogP contribution in [0.25, 0.3) is 10.9 Å². The Morgan fingerprint density at radius 3 is 2.92 bits per heavy atom. The molecule has 1 amide bonds. The van der Waals surface area contributed by atoms with Crippen LogP contribution in [0.4, 0.5) is 13.2 Å². The number of benzene rings is 1. The number of H-pyrrole nitrogens is 1. The summed E-state index contributed by atoms with van der Waals surface area (Å²) in [5, 5.41) is 10.3. The predicted octanol–water partition coefficient (Wildman–Crippen LogP) is 3.21. The average molecular weight is 362 g/mol. The number of hydrogen-bond acceptors (Lipinski definition) is 2. The first-order valence-corrected chi connectivity index (χ1v) is 8.31. The fourth-order valence-corrected chi connectivity index (χ4v) is 3.53. The molecule has 2 aromatic heterocycles. The Labute approximate surface area is 147 Å². The summed E-state index contributed by atoms with van der Waals surface area (Å²) >= 11 is 0. The van der Waals surface area contributed by atoms with Gasteiger partial charge in [0.1, 0.15) is 5.69 Å². The largest absolute Gasteiger partial charge is 0.416 e. The van der Waals surface area contributed by atoms with Crippen molar-refractivity contribution in [1.82, 2.24) is 20.1 Å². The third-order valence-electron chi connectivity index (χ3n) is 4.96. The molecule has 8 heteroatoms. The number of nitrogens with zero attached hydrogens (tertiary/aromatic N) is 2. The van der Waals surface area contributed by atoms with E-state index in [1.807, 2.05) is 0 Å². The molecular formula is C18H17F3N4O. The van der Waals surface area contributed by atoms with Gasteiger partial charge < -0.3 is 9.88 Å². The number of hydrogen-bond donors (Lipinski definition) is 2. The first kappa shape index (κ1) is 16.7. The second-order valence-corrected chi connectivity index (χ2v) is 6.65. The highest BCUT2D eigenvalue weighted by molar-refractivity contribution is 5.99. The monoisotopic (exact) mass is 362 g/mol. The lowest BCUT2D eigenvalue weighted by Gasteiger charge is -2.22. The number of nitrogens with one attached hydrogen (secondary N) is 2. The van der Waals surface area contributed by atoms with Gasteiger partial charge in [0, 0.05) is 36.1 Å². The molecule has 3 aromatic rings. The van der Waals surface area contributed by atoms with Crippen molar-refractivity contribution in [2.45, 2.75) is 31.5 Å². The van der Waals surface area contributed by atoms with E-state index in [1.165, 1.54) is 17.7 Å². The number of amides is 1. The minimum absolute atomic E-state index is 0.0285. The van der Waals surface area contributed by atoms with Gasteiger partial charge in [-0.25, -0.2) is 0 Å². The van der Waals surface area contributed by atoms with Gasteiger partial charge in [0.05, 0.1) is 11.8 Å². The zero-order valence-corrected chi connectivity index (χ0v) is 14.0. The number of aromatic amines is 1. The zero-order chi connectivity index (χ0) is 18.5. The molecule has 26 heavy (non-hydrogen) atoms. The van der Waals surface area contributed by atoms with Crippen LogP contribution >= 0.6 is 0 Å². The number of carbonyl (C=O) groups excluding carboxylic acids is 1. The summed E-state index contributed by atoms with van der Waals surface area (Å²) in [5.74, 6) is -0.287. The molecule has 1 aliphatic carbocycles. The average Bonchev–Trinajstić information content (AvgIpc) is 3.18. The number of rotatable bonds is 2. The number of carbonyl (C=O) groups is 1. The maximum absolute atomic E-state index is 12.9. The lowest BCUT2D eigenvalue weighted by molar-refractivity contribution is -0.137. The first-order valence-electron chi connectivity index (χ1n) is 8.31. The van der Waals surface area contributed by atoms with Crippen molar-refractivity contribution in [3.05, 3.63) is 53.0 Å². The van der Waals surface area contributed by atoms with Gasteiger partial charge in [-0.15, -0.1) is 0 Å². The van der Waals surface area contributed by atoms with Gasteiger partial charge in [0.25, 0.3) is 5.91 Å². The highest BCUT2D eigenvalue weighted by Crippen LogP contribution is 2.32. The van der Waals surface area contributed by atoms with Crippen LogP contribution in [0.1, 0.15) is 33.7 Å². The number of aromatic nitrogens is 3. The molecule has 1 atom stereocenters. The van der Waals surface area contributed by atoms with Crippen molar-refractivity contribution < 1.29 is 18.0 Å². The van der Waals surface area contributed by atoms with Crippen molar-refractivity contribution in [2.75, 3.05) is 0 Å². The topological polar surface area (TPSA) is 62.7 Å². The van der Waals surface area contributed by atoms with Crippen LogP contribution in [-0.2, 0) is 26.1 Å². The van der Waals surface area contributed by atoms with Crippen LogP contribution in [0.3, 0.4) is 0 Å². The van der Waals surface area contributed by atoms with Crippen LogP contribution in [0.15, 0.2) is 30.5 Å². The van der Waals surface area contributed by atoms with Crippen molar-refractivity contribution in [3.63, 3.8) is 0 Å². The molecule has 5 nitrogen and oxygen atoms in total. The van der Waals surface area contributed by atoms with E-state index in [-0.39, 0.29) is 11.9 Å². The molecule has 0 saturated heterocycles. The van der Waals surface area contributed by atoms with Crippen molar-refractivity contribution in [3.8, 4) is 0 Å². The van der Waals surface area contributed by atoms with Crippen LogP contribution in [-0.4, -0.2) is 26.7 Å². The SMILES string of the molecule is Cn1c(C(=O)NC2CCc3cn[nH]c3C2)cc2cc(C(F)(F)F)ccc21. The molecule has 4 rings (SSSR count). The molecule has 0 bridgehead atoms. The quantitative estimate of drug-likeness (QED) is 0.735. The van der Waals surface area contributed by atoms with Crippen LogP contribution in [0.2, 0.25) is 0 Å². The third kappa shape index (κ3) is 2.85. The molecule has 0 fully saturated rings. The van der Waals surface area contributed by atoms with E-state index in [0.717, 1.165) is 30.7 Å². The van der Waals surface area contributed by atoms with Gasteiger partial charge in [0.15, 0.2) is 0 Å². The minimum Gasteiger partial charge on any atom is -0.348 e. The molecule has 2 heterocycles. The Morgan fingerprint density at radius 1 is 1.35 bits per heavy atom. The molecule has 0 saturated carbocycles. The highest BCUT2D eigenvalue weighted by atomic mass is 19.4. The zero-order valence-electron chi connectivity index (χ0n) is 14.0. The van der Waals surface area contributed by atoms with Gasteiger partial charge in [-0.2, -0.15) is 18.3 Å². The predicted molar refractivity (Wildman–Crippen MR) is 89.8 cm³/mol. The number of fused-ring (bicyclic) bond motifs is 2. The Bertz CT molecular complexity index is 986. The van der Waals surface area contributed by atoms with Gasteiger partial charge >= 0.3 is 6.18 Å². The van der Waals surface area contributed by atoms with Crippen LogP contribution in [0.5, 0.6) is 0 Å². The van der Waals surface area contributed by atoms with Gasteiger partial charge in [-0.1, -0.05) is 0 Å². The Balaban J connectivity index is 1.58. The minimum atomic E-state index is -4.41. The molecule has 1 aromatic carbocycles. The second-order valence-electron chi connectivity index (χ2n) is 6.65. The van der Waals surface area contributed by atoms with E-state index in [4.69, 9.17) is 0 Å². The first-order chi connectivity index (χ1) is 12.3. The maximum Gasteiger partial charge on any atom is 0.416 e. The maximum atomic E-state index is 12.9. The molecule has 1 aliphatic rings. The summed E-state index contributed by atoms with van der Waals surface area (Å²) in [4.78, 5) is 12.7. The highest BCUT2D eigenvalue weighted by Gasteiger charge is 2.31. The summed E-state index contributed by atoms with van der Waals surface area (Å²) in [7, 11) is 1.68. The van der Waals surface area contributed by atoms with Crippen LogP contribution < -0.4 is 5.32 Å². The van der Waals surface area contributed by atoms with Crippen molar-refractivity contribution >= 4 is 16.8 Å². The lowest BCUT2D eigenvalue weighted by Crippen LogP contribution is -2.39. The third-order valence-corrected chi connectivity index (χ3v) is 4.96. The summed E-state index contributed by atoms with van der Waals surface area (Å²) in [5.41, 5.74) is 2.40. The van der Waals surface area contributed by atoms with Crippen molar-refractivity contribution in [2.24, 2.45) is 7.05 Å². The van der Waals surface area contributed by atoms with E-state index >= 15 is 0 Å². The molecule has 0 aliphatic heterocycles. The second kappa shape index (κ2) is 5.89. The van der Waals surface area contributed by atoms with E-state index in [1.54, 1.807) is 17.8 Å². The smallest absolute Gasteiger partial charge is 0.348 e. The summed E-state index contributed by atoms with van der Waals surface area (Å²) in [6.07, 6.45) is -0.295. The van der Waals surface area contributed by atoms with Crippen LogP contribution in [0, 0.1) is 0 Å². The van der Waals surface area contributed by atoms with E-state index in [2.05, 4.69) is 15.5 Å². The van der Waals surface area contributed by atoms with Gasteiger partial charge in [0.2, 0.25) is 0 Å². The van der Waals surface area contributed by atoms with Crippen molar-refractivity contribution in [1.29, 1.82) is 0 Å². The molecular weight excluding hydrogens is 345 g/mol. The van der Waals surface area contributed by atoms with E-state index in [9.17, 15) is 18.0 Å². The molecule has 136 valence electrons. The van der Waals surface area contributed by atoms with E-state index in [0.29, 0.717) is 23.0 Å². The number of aryl methyl sites for hydroxylation is 2. The Kier molecular flexibility index (Phi) is 3.78. The standard InChI is InChI=1S/C18H17F3N4O/c1-25-15-5-3-12(18(19,20)21)6-11(15)7-16(25)17(26)23-13-4-2-10-9-22-24-14(10)8-13/h3,5-7,9,13H,2,4,8H2,1H3,(H,22,24)(H,23,26). The fourth-order valence-electron chi connectivity index (χ4n) is 3.53. The molecule has 1 unspecified atom stereocenters. The summed E-state index contributed by atoms with van der Waals surface area (Å²) in [6, 6.07) is 4.98. The molecule has 2 N–H and O–H groups in total. The Morgan fingerprint density at radius 2 is 2.15 bits per heavy atom. The molecule has 0 spiro atoms. The summed E-state index contributed by atoms with van der Waals surface area (Å²) < 4.78 is 40.3. The van der Waals surface area contributed by atoms with Gasteiger partial charge in [-0.05, 0) is 42.7 Å². The van der Waals surface area contributed by atoms with Gasteiger partial charge in [-0.3, -0.25) is 9.89 Å². The lowest BCUT2D eigenvalue weighted by atomic mass is 9.94. The number of halogens is 3. The molecule has 0 radical (unpaired) electrons.